The topological polar surface area (TPSA) is 194 Å². The fourth-order valence-corrected chi connectivity index (χ4v) is 9.21. The van der Waals surface area contributed by atoms with Crippen molar-refractivity contribution in [2.45, 2.75) is 78.4 Å². The van der Waals surface area contributed by atoms with Gasteiger partial charge in [0.2, 0.25) is 5.91 Å². The number of ether oxygens (including phenoxy) is 5. The molecule has 346 valence electrons. The molecular weight excluding hydrogens is 900 g/mol. The molecule has 1 aromatic heterocycles. The summed E-state index contributed by atoms with van der Waals surface area (Å²) in [6, 6.07) is 15.4. The summed E-state index contributed by atoms with van der Waals surface area (Å²) in [5.41, 5.74) is 4.72. The monoisotopic (exact) mass is 956 g/mol. The van der Waals surface area contributed by atoms with Crippen molar-refractivity contribution in [3.63, 3.8) is 0 Å². The van der Waals surface area contributed by atoms with Crippen LogP contribution in [0, 0.1) is 41.2 Å². The number of aromatic nitrogens is 2. The third kappa shape index (κ3) is 12.4. The summed E-state index contributed by atoms with van der Waals surface area (Å²) in [6.07, 6.45) is 6.27. The molecule has 0 unspecified atom stereocenters. The molecule has 3 amide bonds. The first-order valence-electron chi connectivity index (χ1n) is 22.2. The first kappa shape index (κ1) is 47.5. The highest BCUT2D eigenvalue weighted by Crippen LogP contribution is 2.53. The molecule has 3 heterocycles. The van der Waals surface area contributed by atoms with Crippen LogP contribution in [-0.2, 0) is 25.4 Å². The van der Waals surface area contributed by atoms with Gasteiger partial charge in [-0.2, -0.15) is 0 Å². The van der Waals surface area contributed by atoms with E-state index in [0.29, 0.717) is 100 Å². The second kappa shape index (κ2) is 21.7. The molecule has 2 N–H and O–H groups in total. The number of non-ortho nitro benzene ring substituents is 1. The van der Waals surface area contributed by atoms with Crippen LogP contribution in [0.15, 0.2) is 71.5 Å². The number of nitro groups is 1. The van der Waals surface area contributed by atoms with Gasteiger partial charge in [-0.15, -0.1) is 0 Å². The van der Waals surface area contributed by atoms with E-state index in [1.54, 1.807) is 53.6 Å². The third-order valence-electron chi connectivity index (χ3n) is 12.5. The SMILES string of the molecule is Cc1cnc(NC(=O)Nc2cc(Br)c(C)cc2OC[C@@H]2CN(C(=O)CCCOCCOc3ccc(C(=O)CCC(C)(C)[C@H]4Cc5ccc([N+](=O)[O-])cc5[C@H]5OCC[C@H]54)cc3)CCO2)cn1. The molecule has 0 spiro atoms. The molecule has 2 aliphatic heterocycles. The van der Waals surface area contributed by atoms with Crippen LogP contribution in [-0.4, -0.2) is 96.3 Å². The molecule has 4 aromatic rings. The Morgan fingerprint density at radius 1 is 0.954 bits per heavy atom. The van der Waals surface area contributed by atoms with E-state index >= 15 is 0 Å². The highest BCUT2D eigenvalue weighted by atomic mass is 79.9. The smallest absolute Gasteiger partial charge is 0.325 e. The molecule has 3 aliphatic rings. The van der Waals surface area contributed by atoms with Gasteiger partial charge in [0.25, 0.3) is 5.69 Å². The van der Waals surface area contributed by atoms with Crippen LogP contribution < -0.4 is 20.1 Å². The lowest BCUT2D eigenvalue weighted by atomic mass is 9.61. The summed E-state index contributed by atoms with van der Waals surface area (Å²) in [6.45, 7) is 11.3. The number of Topliss-reactive ketones (excluding diaryl/α,β-unsaturated/α-hetero) is 1. The van der Waals surface area contributed by atoms with Crippen LogP contribution in [0.3, 0.4) is 0 Å². The number of nitro benzene ring substituents is 1. The number of hydrogen-bond donors (Lipinski definition) is 2. The minimum absolute atomic E-state index is 0.0148. The number of carbonyl (C=O) groups is 3. The van der Waals surface area contributed by atoms with Crippen LogP contribution in [0.4, 0.5) is 22.0 Å². The number of carbonyl (C=O) groups excluding carboxylic acids is 3. The van der Waals surface area contributed by atoms with E-state index in [1.807, 2.05) is 26.0 Å². The Hall–Kier alpha value is -5.49. The lowest BCUT2D eigenvalue weighted by molar-refractivity contribution is -0.385. The number of halogens is 1. The second-order valence-electron chi connectivity index (χ2n) is 17.6. The number of nitrogens with one attached hydrogen (secondary N) is 2. The van der Waals surface area contributed by atoms with Gasteiger partial charge in [0.1, 0.15) is 30.8 Å². The number of morpholine rings is 1. The Bertz CT molecular complexity index is 2330. The largest absolute Gasteiger partial charge is 0.491 e. The molecule has 16 nitrogen and oxygen atoms in total. The van der Waals surface area contributed by atoms with Gasteiger partial charge >= 0.3 is 6.03 Å². The molecule has 7 rings (SSSR count). The van der Waals surface area contributed by atoms with E-state index in [0.717, 1.165) is 39.7 Å². The zero-order chi connectivity index (χ0) is 46.1. The van der Waals surface area contributed by atoms with Gasteiger partial charge in [0, 0.05) is 54.8 Å². The summed E-state index contributed by atoms with van der Waals surface area (Å²) in [4.78, 5) is 60.3. The molecule has 1 aliphatic carbocycles. The van der Waals surface area contributed by atoms with Crippen molar-refractivity contribution in [3.8, 4) is 11.5 Å². The molecule has 4 atom stereocenters. The normalized spacial score (nSPS) is 19.2. The molecule has 65 heavy (non-hydrogen) atoms. The lowest BCUT2D eigenvalue weighted by Gasteiger charge is -2.44. The number of hydrogen-bond acceptors (Lipinski definition) is 12. The zero-order valence-electron chi connectivity index (χ0n) is 37.3. The van der Waals surface area contributed by atoms with Crippen molar-refractivity contribution in [1.82, 2.24) is 14.9 Å². The van der Waals surface area contributed by atoms with E-state index in [1.165, 1.54) is 6.20 Å². The van der Waals surface area contributed by atoms with Crippen molar-refractivity contribution in [3.05, 3.63) is 110 Å². The number of aryl methyl sites for hydroxylation is 2. The first-order chi connectivity index (χ1) is 31.2. The van der Waals surface area contributed by atoms with Gasteiger partial charge in [-0.1, -0.05) is 35.8 Å². The third-order valence-corrected chi connectivity index (χ3v) is 13.4. The van der Waals surface area contributed by atoms with E-state index in [2.05, 4.69) is 50.4 Å². The average Bonchev–Trinajstić information content (AvgIpc) is 3.80. The molecule has 0 bridgehead atoms. The van der Waals surface area contributed by atoms with Gasteiger partial charge in [-0.25, -0.2) is 9.78 Å². The number of fused-ring (bicyclic) bond motifs is 3. The van der Waals surface area contributed by atoms with Crippen LogP contribution in [0.2, 0.25) is 0 Å². The quantitative estimate of drug-likeness (QED) is 0.0393. The number of benzene rings is 3. The van der Waals surface area contributed by atoms with E-state index < -0.39 is 6.03 Å². The molecule has 0 saturated carbocycles. The maximum absolute atomic E-state index is 13.3. The Labute approximate surface area is 387 Å². The van der Waals surface area contributed by atoms with Gasteiger partial charge < -0.3 is 33.9 Å². The summed E-state index contributed by atoms with van der Waals surface area (Å²) in [5, 5.41) is 16.9. The number of anilines is 2. The van der Waals surface area contributed by atoms with Crippen molar-refractivity contribution >= 4 is 50.8 Å². The number of rotatable bonds is 19. The molecule has 2 fully saturated rings. The summed E-state index contributed by atoms with van der Waals surface area (Å²) in [5.74, 6) is 2.05. The van der Waals surface area contributed by atoms with Gasteiger partial charge in [0.15, 0.2) is 11.6 Å². The molecule has 3 aromatic carbocycles. The van der Waals surface area contributed by atoms with E-state index in [4.69, 9.17) is 23.7 Å². The predicted octanol–water partition coefficient (Wildman–Crippen LogP) is 8.83. The number of urea groups is 1. The minimum Gasteiger partial charge on any atom is -0.491 e. The minimum atomic E-state index is -0.500. The Morgan fingerprint density at radius 2 is 1.77 bits per heavy atom. The van der Waals surface area contributed by atoms with Gasteiger partial charge in [0.05, 0.1) is 54.6 Å². The summed E-state index contributed by atoms with van der Waals surface area (Å²) < 4.78 is 30.6. The fourth-order valence-electron chi connectivity index (χ4n) is 8.86. The van der Waals surface area contributed by atoms with E-state index in [9.17, 15) is 24.5 Å². The van der Waals surface area contributed by atoms with Crippen LogP contribution in [0.1, 0.15) is 84.8 Å². The number of ketones is 1. The highest BCUT2D eigenvalue weighted by Gasteiger charge is 2.47. The second-order valence-corrected chi connectivity index (χ2v) is 18.4. The lowest BCUT2D eigenvalue weighted by Crippen LogP contribution is -2.47. The zero-order valence-corrected chi connectivity index (χ0v) is 38.9. The first-order valence-corrected chi connectivity index (χ1v) is 22.9. The average molecular weight is 958 g/mol. The van der Waals surface area contributed by atoms with Crippen molar-refractivity contribution < 1.29 is 43.0 Å². The predicted molar refractivity (Wildman–Crippen MR) is 247 cm³/mol. The molecule has 2 saturated heterocycles. The van der Waals surface area contributed by atoms with E-state index in [-0.39, 0.29) is 58.4 Å². The Morgan fingerprint density at radius 3 is 2.54 bits per heavy atom. The van der Waals surface area contributed by atoms with Crippen molar-refractivity contribution in [2.24, 2.45) is 17.3 Å². The Balaban J connectivity index is 0.780. The van der Waals surface area contributed by atoms with Crippen LogP contribution >= 0.6 is 15.9 Å². The molecule has 0 radical (unpaired) electrons. The maximum atomic E-state index is 13.3. The van der Waals surface area contributed by atoms with Crippen molar-refractivity contribution in [1.29, 1.82) is 0 Å². The van der Waals surface area contributed by atoms with Gasteiger partial charge in [-0.3, -0.25) is 30.0 Å². The highest BCUT2D eigenvalue weighted by molar-refractivity contribution is 9.10. The Kier molecular flexibility index (Phi) is 15.8. The van der Waals surface area contributed by atoms with Crippen molar-refractivity contribution in [2.75, 3.05) is 63.4 Å². The number of amides is 3. The molecular formula is C48H57BrN6O10. The summed E-state index contributed by atoms with van der Waals surface area (Å²) >= 11 is 3.52. The van der Waals surface area contributed by atoms with Gasteiger partial charge in [-0.05, 0) is 110 Å². The van der Waals surface area contributed by atoms with Crippen LogP contribution in [0.25, 0.3) is 0 Å². The van der Waals surface area contributed by atoms with Crippen LogP contribution in [0.5, 0.6) is 11.5 Å². The maximum Gasteiger partial charge on any atom is 0.325 e. The standard InChI is InChI=1S/C48H57BrN6O10/c1-30-22-43(41(25-40(30)49)52-47(58)53-44-27-50-31(2)26-51-44)65-29-36-28-54(16-19-62-36)45(57)6-5-17-61-20-21-63-35-11-8-32(9-12-35)42(56)13-15-48(3,4)39-23-33-7-10-34(55(59)60)24-38(33)46-37(39)14-18-64-46/h7-12,22,24-27,36-37,39,46H,5-6,13-21,23,28-29H2,1-4H3,(H2,51,52,53,58)/t36-,37-,39-,46-/m0/s1. The fraction of sp³-hybridized carbons (Fsp3) is 0.479. The summed E-state index contributed by atoms with van der Waals surface area (Å²) in [7, 11) is 0. The number of nitrogens with zero attached hydrogens (tertiary/aromatic N) is 4. The molecule has 17 heteroatoms.